The molecule has 0 aliphatic rings. The summed E-state index contributed by atoms with van der Waals surface area (Å²) in [6.45, 7) is 1.91. The highest BCUT2D eigenvalue weighted by Crippen LogP contribution is 2.18. The summed E-state index contributed by atoms with van der Waals surface area (Å²) in [6.07, 6.45) is 1.68. The van der Waals surface area contributed by atoms with Crippen LogP contribution < -0.4 is 0 Å². The van der Waals surface area contributed by atoms with E-state index >= 15 is 0 Å². The molecule has 2 nitrogen and oxygen atoms in total. The fourth-order valence-electron chi connectivity index (χ4n) is 0.591. The van der Waals surface area contributed by atoms with E-state index in [1.54, 1.807) is 6.20 Å². The van der Waals surface area contributed by atoms with Gasteiger partial charge >= 0.3 is 0 Å². The molecule has 0 aromatic carbocycles. The second kappa shape index (κ2) is 2.24. The molecule has 0 saturated heterocycles. The molecule has 0 aliphatic heterocycles. The first-order valence-electron chi connectivity index (χ1n) is 2.49. The number of hydrogen-bond acceptors (Lipinski definition) is 1. The fraction of sp³-hybridized carbons (Fsp3) is 0.167. The molecule has 0 radical (unpaired) electrons. The number of halogens is 1. The number of nitriles is 1. The van der Waals surface area contributed by atoms with Gasteiger partial charge in [0.05, 0.1) is 10.0 Å². The summed E-state index contributed by atoms with van der Waals surface area (Å²) in [4.78, 5) is 2.92. The van der Waals surface area contributed by atoms with Crippen molar-refractivity contribution in [2.24, 2.45) is 0 Å². The van der Waals surface area contributed by atoms with Gasteiger partial charge in [-0.2, -0.15) is 5.26 Å². The normalized spacial score (nSPS) is 9.00. The molecule has 0 atom stereocenters. The van der Waals surface area contributed by atoms with Crippen LogP contribution in [0.3, 0.4) is 0 Å². The van der Waals surface area contributed by atoms with Crippen LogP contribution in [0.5, 0.6) is 0 Å². The van der Waals surface area contributed by atoms with Gasteiger partial charge in [0, 0.05) is 11.9 Å². The van der Waals surface area contributed by atoms with Crippen LogP contribution in [0, 0.1) is 18.3 Å². The van der Waals surface area contributed by atoms with Crippen molar-refractivity contribution in [3.05, 3.63) is 21.9 Å². The molecule has 1 rings (SSSR count). The quantitative estimate of drug-likeness (QED) is 0.659. The summed E-state index contributed by atoms with van der Waals surface area (Å²) >= 11 is 3.26. The minimum atomic E-state index is 0.660. The SMILES string of the molecule is Cc1[nH]cc(C#N)c1Br. The Bertz CT molecular complexity index is 257. The molecule has 1 heterocycles. The van der Waals surface area contributed by atoms with Crippen molar-refractivity contribution in [1.82, 2.24) is 4.98 Å². The smallest absolute Gasteiger partial charge is 0.102 e. The second-order valence-corrected chi connectivity index (χ2v) is 2.55. The number of nitrogens with zero attached hydrogens (tertiary/aromatic N) is 1. The van der Waals surface area contributed by atoms with Crippen LogP contribution >= 0.6 is 15.9 Å². The molecule has 9 heavy (non-hydrogen) atoms. The second-order valence-electron chi connectivity index (χ2n) is 1.75. The number of hydrogen-bond donors (Lipinski definition) is 1. The average molecular weight is 185 g/mol. The zero-order valence-electron chi connectivity index (χ0n) is 4.90. The third kappa shape index (κ3) is 0.984. The number of nitrogens with one attached hydrogen (secondary N) is 1. The van der Waals surface area contributed by atoms with Crippen molar-refractivity contribution >= 4 is 15.9 Å². The molecule has 1 aromatic heterocycles. The van der Waals surface area contributed by atoms with E-state index in [0.717, 1.165) is 10.2 Å². The van der Waals surface area contributed by atoms with E-state index in [1.807, 2.05) is 13.0 Å². The summed E-state index contributed by atoms with van der Waals surface area (Å²) in [7, 11) is 0. The van der Waals surface area contributed by atoms with Crippen LogP contribution in [0.25, 0.3) is 0 Å². The summed E-state index contributed by atoms with van der Waals surface area (Å²) in [5, 5.41) is 8.43. The van der Waals surface area contributed by atoms with E-state index in [-0.39, 0.29) is 0 Å². The third-order valence-electron chi connectivity index (χ3n) is 1.12. The molecule has 46 valence electrons. The van der Waals surface area contributed by atoms with Gasteiger partial charge in [0.25, 0.3) is 0 Å². The van der Waals surface area contributed by atoms with Crippen LogP contribution in [-0.2, 0) is 0 Å². The number of aromatic amines is 1. The Hall–Kier alpha value is -0.750. The molecule has 0 unspecified atom stereocenters. The zero-order chi connectivity index (χ0) is 6.85. The van der Waals surface area contributed by atoms with Gasteiger partial charge in [0.1, 0.15) is 6.07 Å². The van der Waals surface area contributed by atoms with Gasteiger partial charge in [0.15, 0.2) is 0 Å². The molecule has 0 saturated carbocycles. The van der Waals surface area contributed by atoms with Crippen LogP contribution in [-0.4, -0.2) is 4.98 Å². The monoisotopic (exact) mass is 184 g/mol. The highest BCUT2D eigenvalue weighted by atomic mass is 79.9. The lowest BCUT2D eigenvalue weighted by Crippen LogP contribution is -1.68. The van der Waals surface area contributed by atoms with Gasteiger partial charge in [-0.3, -0.25) is 0 Å². The molecule has 0 aliphatic carbocycles. The predicted octanol–water partition coefficient (Wildman–Crippen LogP) is 1.96. The first-order valence-corrected chi connectivity index (χ1v) is 3.28. The zero-order valence-corrected chi connectivity index (χ0v) is 6.49. The third-order valence-corrected chi connectivity index (χ3v) is 2.14. The molecule has 1 N–H and O–H groups in total. The first-order chi connectivity index (χ1) is 4.25. The van der Waals surface area contributed by atoms with Crippen molar-refractivity contribution in [2.45, 2.75) is 6.92 Å². The largest absolute Gasteiger partial charge is 0.363 e. The molecule has 0 spiro atoms. The van der Waals surface area contributed by atoms with Gasteiger partial charge in [0.2, 0.25) is 0 Å². The van der Waals surface area contributed by atoms with Crippen LogP contribution in [0.4, 0.5) is 0 Å². The molecule has 0 fully saturated rings. The van der Waals surface area contributed by atoms with E-state index < -0.39 is 0 Å². The maximum atomic E-state index is 8.43. The molecule has 0 amide bonds. The van der Waals surface area contributed by atoms with Gasteiger partial charge in [-0.1, -0.05) is 0 Å². The Morgan fingerprint density at radius 2 is 2.44 bits per heavy atom. The minimum absolute atomic E-state index is 0.660. The van der Waals surface area contributed by atoms with Crippen LogP contribution in [0.1, 0.15) is 11.3 Å². The highest BCUT2D eigenvalue weighted by molar-refractivity contribution is 9.10. The molecule has 1 aromatic rings. The highest BCUT2D eigenvalue weighted by Gasteiger charge is 2.01. The molecule has 3 heteroatoms. The van der Waals surface area contributed by atoms with Gasteiger partial charge < -0.3 is 4.98 Å². The lowest BCUT2D eigenvalue weighted by molar-refractivity contribution is 1.25. The summed E-state index contributed by atoms with van der Waals surface area (Å²) in [5.74, 6) is 0. The summed E-state index contributed by atoms with van der Waals surface area (Å²) < 4.78 is 0.866. The fourth-order valence-corrected chi connectivity index (χ4v) is 0.908. The Morgan fingerprint density at radius 1 is 1.78 bits per heavy atom. The topological polar surface area (TPSA) is 39.6 Å². The van der Waals surface area contributed by atoms with Crippen LogP contribution in [0.2, 0.25) is 0 Å². The van der Waals surface area contributed by atoms with Gasteiger partial charge in [-0.15, -0.1) is 0 Å². The van der Waals surface area contributed by atoms with E-state index in [9.17, 15) is 0 Å². The Balaban J connectivity index is 3.24. The van der Waals surface area contributed by atoms with Crippen molar-refractivity contribution < 1.29 is 0 Å². The Kier molecular flexibility index (Phi) is 1.58. The first kappa shape index (κ1) is 6.37. The van der Waals surface area contributed by atoms with Crippen molar-refractivity contribution in [2.75, 3.05) is 0 Å². The Morgan fingerprint density at radius 3 is 2.67 bits per heavy atom. The van der Waals surface area contributed by atoms with E-state index in [0.29, 0.717) is 5.56 Å². The summed E-state index contributed by atoms with van der Waals surface area (Å²) in [6, 6.07) is 2.04. The van der Waals surface area contributed by atoms with Crippen LogP contribution in [0.15, 0.2) is 10.7 Å². The van der Waals surface area contributed by atoms with E-state index in [1.165, 1.54) is 0 Å². The summed E-state index contributed by atoms with van der Waals surface area (Å²) in [5.41, 5.74) is 1.65. The van der Waals surface area contributed by atoms with Gasteiger partial charge in [-0.05, 0) is 22.9 Å². The maximum Gasteiger partial charge on any atom is 0.102 e. The average Bonchev–Trinajstić information content (AvgIpc) is 2.15. The number of rotatable bonds is 0. The van der Waals surface area contributed by atoms with Crippen molar-refractivity contribution in [3.8, 4) is 6.07 Å². The lowest BCUT2D eigenvalue weighted by atomic mass is 10.3. The number of aryl methyl sites for hydroxylation is 1. The number of H-pyrrole nitrogens is 1. The maximum absolute atomic E-state index is 8.43. The van der Waals surface area contributed by atoms with E-state index in [4.69, 9.17) is 5.26 Å². The van der Waals surface area contributed by atoms with Gasteiger partial charge in [-0.25, -0.2) is 0 Å². The minimum Gasteiger partial charge on any atom is -0.363 e. The molecule has 0 bridgehead atoms. The lowest BCUT2D eigenvalue weighted by Gasteiger charge is -1.82. The van der Waals surface area contributed by atoms with E-state index in [2.05, 4.69) is 20.9 Å². The van der Waals surface area contributed by atoms with Crippen molar-refractivity contribution in [3.63, 3.8) is 0 Å². The van der Waals surface area contributed by atoms with Crippen molar-refractivity contribution in [1.29, 1.82) is 5.26 Å². The molecular weight excluding hydrogens is 180 g/mol. The predicted molar refractivity (Wildman–Crippen MR) is 37.9 cm³/mol. The standard InChI is InChI=1S/C6H5BrN2/c1-4-6(7)5(2-8)3-9-4/h3,9H,1H3. The number of aromatic nitrogens is 1. The molecular formula is C6H5BrN2. The Labute approximate surface area is 61.6 Å².